The molecule has 0 aromatic heterocycles. The van der Waals surface area contributed by atoms with E-state index in [1.165, 1.54) is 11.1 Å². The Hall–Kier alpha value is -3.36. The lowest BCUT2D eigenvalue weighted by Gasteiger charge is -2.26. The highest BCUT2D eigenvalue weighted by molar-refractivity contribution is 6.32. The van der Waals surface area contributed by atoms with Crippen LogP contribution in [0.3, 0.4) is 0 Å². The number of nitrogens with one attached hydrogen (secondary N) is 1. The summed E-state index contributed by atoms with van der Waals surface area (Å²) in [6, 6.07) is 13.6. The van der Waals surface area contributed by atoms with Crippen LogP contribution in [0.15, 0.2) is 54.1 Å². The van der Waals surface area contributed by atoms with Gasteiger partial charge in [0.05, 0.1) is 18.9 Å². The second kappa shape index (κ2) is 9.20. The van der Waals surface area contributed by atoms with E-state index >= 15 is 0 Å². The Kier molecular flexibility index (Phi) is 6.20. The van der Waals surface area contributed by atoms with Crippen molar-refractivity contribution in [2.45, 2.75) is 0 Å². The van der Waals surface area contributed by atoms with Crippen LogP contribution in [0.1, 0.15) is 5.56 Å². The molecule has 9 heteroatoms. The van der Waals surface area contributed by atoms with Gasteiger partial charge in [-0.05, 0) is 36.4 Å². The molecule has 2 heterocycles. The molecular formula is C22H20ClN3O5. The average Bonchev–Trinajstić information content (AvgIpc) is 3.08. The van der Waals surface area contributed by atoms with E-state index < -0.39 is 11.8 Å². The van der Waals surface area contributed by atoms with Crippen molar-refractivity contribution in [1.29, 1.82) is 0 Å². The van der Waals surface area contributed by atoms with Gasteiger partial charge in [-0.1, -0.05) is 29.8 Å². The highest BCUT2D eigenvalue weighted by Crippen LogP contribution is 2.28. The summed E-state index contributed by atoms with van der Waals surface area (Å²) in [5.41, 5.74) is 3.46. The van der Waals surface area contributed by atoms with Crippen LogP contribution in [0.5, 0.6) is 5.75 Å². The van der Waals surface area contributed by atoms with Crippen LogP contribution in [0.25, 0.3) is 6.08 Å². The molecule has 8 nitrogen and oxygen atoms in total. The van der Waals surface area contributed by atoms with Crippen LogP contribution < -0.4 is 15.2 Å². The van der Waals surface area contributed by atoms with Crippen molar-refractivity contribution < 1.29 is 23.9 Å². The van der Waals surface area contributed by atoms with Crippen LogP contribution >= 0.6 is 11.6 Å². The number of morpholine rings is 1. The number of benzene rings is 2. The molecular weight excluding hydrogens is 422 g/mol. The standard InChI is InChI=1S/C22H20ClN3O5/c23-16-6-7-19(31-14-20(27)25-8-10-30-11-9-25)15(12-16)13-18-21(28)24-26(22(18)29)17-4-2-1-3-5-17/h1-7,12-13H,8-11,14H2,(H,24,28). The number of hydrogen-bond donors (Lipinski definition) is 1. The Labute approximate surface area is 183 Å². The van der Waals surface area contributed by atoms with Crippen LogP contribution in [0.4, 0.5) is 5.69 Å². The van der Waals surface area contributed by atoms with Crippen molar-refractivity contribution in [2.75, 3.05) is 37.9 Å². The van der Waals surface area contributed by atoms with Crippen molar-refractivity contribution in [3.63, 3.8) is 0 Å². The van der Waals surface area contributed by atoms with Gasteiger partial charge in [-0.3, -0.25) is 19.8 Å². The third kappa shape index (κ3) is 4.70. The maximum atomic E-state index is 12.8. The fraction of sp³-hybridized carbons (Fsp3) is 0.227. The van der Waals surface area contributed by atoms with Crippen molar-refractivity contribution in [3.05, 3.63) is 64.7 Å². The van der Waals surface area contributed by atoms with Crippen LogP contribution in [0.2, 0.25) is 5.02 Å². The molecule has 4 rings (SSSR count). The number of hydrogen-bond acceptors (Lipinski definition) is 5. The fourth-order valence-electron chi connectivity index (χ4n) is 3.28. The van der Waals surface area contributed by atoms with Gasteiger partial charge in [0.15, 0.2) is 6.61 Å². The topological polar surface area (TPSA) is 88.2 Å². The third-order valence-electron chi connectivity index (χ3n) is 4.89. The molecule has 0 atom stereocenters. The summed E-state index contributed by atoms with van der Waals surface area (Å²) in [5, 5.41) is 1.59. The number of amides is 3. The first-order valence-electron chi connectivity index (χ1n) is 9.73. The number of carbonyl (C=O) groups is 3. The van der Waals surface area contributed by atoms with Crippen LogP contribution in [0, 0.1) is 0 Å². The molecule has 0 saturated carbocycles. The van der Waals surface area contributed by atoms with E-state index in [0.29, 0.717) is 48.3 Å². The number of anilines is 1. The van der Waals surface area contributed by atoms with E-state index in [1.54, 1.807) is 47.4 Å². The Morgan fingerprint density at radius 1 is 1.13 bits per heavy atom. The van der Waals surface area contributed by atoms with E-state index in [0.717, 1.165) is 0 Å². The quantitative estimate of drug-likeness (QED) is 0.566. The minimum absolute atomic E-state index is 0.0597. The van der Waals surface area contributed by atoms with E-state index in [9.17, 15) is 14.4 Å². The number of para-hydroxylation sites is 1. The van der Waals surface area contributed by atoms with Gasteiger partial charge in [-0.2, -0.15) is 0 Å². The van der Waals surface area contributed by atoms with Gasteiger partial charge >= 0.3 is 0 Å². The fourth-order valence-corrected chi connectivity index (χ4v) is 3.46. The number of hydrazine groups is 1. The Balaban J connectivity index is 1.54. The number of nitrogens with zero attached hydrogens (tertiary/aromatic N) is 2. The first-order valence-corrected chi connectivity index (χ1v) is 10.1. The van der Waals surface area contributed by atoms with E-state index in [2.05, 4.69) is 5.43 Å². The predicted octanol–water partition coefficient (Wildman–Crippen LogP) is 2.04. The Morgan fingerprint density at radius 2 is 1.87 bits per heavy atom. The molecule has 2 aliphatic rings. The Bertz CT molecular complexity index is 1030. The van der Waals surface area contributed by atoms with Crippen molar-refractivity contribution in [3.8, 4) is 5.75 Å². The number of halogens is 1. The van der Waals surface area contributed by atoms with E-state index in [1.807, 2.05) is 6.07 Å². The summed E-state index contributed by atoms with van der Waals surface area (Å²) in [4.78, 5) is 39.3. The largest absolute Gasteiger partial charge is 0.483 e. The lowest BCUT2D eigenvalue weighted by atomic mass is 10.1. The Morgan fingerprint density at radius 3 is 2.61 bits per heavy atom. The second-order valence-electron chi connectivity index (χ2n) is 6.94. The maximum Gasteiger partial charge on any atom is 0.282 e. The summed E-state index contributed by atoms with van der Waals surface area (Å²) in [6.45, 7) is 1.86. The minimum atomic E-state index is -0.538. The summed E-state index contributed by atoms with van der Waals surface area (Å²) in [6.07, 6.45) is 1.42. The molecule has 0 bridgehead atoms. The molecule has 1 N–H and O–H groups in total. The third-order valence-corrected chi connectivity index (χ3v) is 5.13. The van der Waals surface area contributed by atoms with E-state index in [4.69, 9.17) is 21.1 Å². The van der Waals surface area contributed by atoms with Gasteiger partial charge < -0.3 is 14.4 Å². The molecule has 31 heavy (non-hydrogen) atoms. The molecule has 3 amide bonds. The van der Waals surface area contributed by atoms with Crippen LogP contribution in [-0.2, 0) is 19.1 Å². The smallest absolute Gasteiger partial charge is 0.282 e. The lowest BCUT2D eigenvalue weighted by Crippen LogP contribution is -2.43. The molecule has 0 radical (unpaired) electrons. The summed E-state index contributed by atoms with van der Waals surface area (Å²) < 4.78 is 11.0. The molecule has 0 unspecified atom stereocenters. The molecule has 0 spiro atoms. The van der Waals surface area contributed by atoms with Gasteiger partial charge in [-0.15, -0.1) is 0 Å². The maximum absolute atomic E-state index is 12.8. The number of ether oxygens (including phenoxy) is 2. The first kappa shape index (κ1) is 20.9. The van der Waals surface area contributed by atoms with Crippen molar-refractivity contribution in [1.82, 2.24) is 10.3 Å². The molecule has 2 aromatic rings. The van der Waals surface area contributed by atoms with Crippen molar-refractivity contribution >= 4 is 41.1 Å². The average molecular weight is 442 g/mol. The zero-order valence-corrected chi connectivity index (χ0v) is 17.3. The minimum Gasteiger partial charge on any atom is -0.483 e. The molecule has 2 saturated heterocycles. The molecule has 0 aliphatic carbocycles. The molecule has 2 aromatic carbocycles. The summed E-state index contributed by atoms with van der Waals surface area (Å²) in [7, 11) is 0. The lowest BCUT2D eigenvalue weighted by molar-refractivity contribution is -0.137. The zero-order chi connectivity index (χ0) is 21.8. The second-order valence-corrected chi connectivity index (χ2v) is 7.38. The predicted molar refractivity (Wildman–Crippen MR) is 114 cm³/mol. The normalized spacial score (nSPS) is 17.8. The van der Waals surface area contributed by atoms with Gasteiger partial charge in [0.25, 0.3) is 17.7 Å². The van der Waals surface area contributed by atoms with Gasteiger partial charge in [-0.25, -0.2) is 5.01 Å². The van der Waals surface area contributed by atoms with Gasteiger partial charge in [0.2, 0.25) is 0 Å². The molecule has 2 fully saturated rings. The monoisotopic (exact) mass is 441 g/mol. The SMILES string of the molecule is O=C1NN(c2ccccc2)C(=O)C1=Cc1cc(Cl)ccc1OCC(=O)N1CCOCC1. The number of rotatable bonds is 5. The highest BCUT2D eigenvalue weighted by atomic mass is 35.5. The van der Waals surface area contributed by atoms with Crippen molar-refractivity contribution in [2.24, 2.45) is 0 Å². The highest BCUT2D eigenvalue weighted by Gasteiger charge is 2.34. The van der Waals surface area contributed by atoms with Gasteiger partial charge in [0, 0.05) is 23.7 Å². The van der Waals surface area contributed by atoms with Crippen LogP contribution in [-0.4, -0.2) is 55.5 Å². The summed E-state index contributed by atoms with van der Waals surface area (Å²) in [5.74, 6) is -0.852. The molecule has 2 aliphatic heterocycles. The summed E-state index contributed by atoms with van der Waals surface area (Å²) >= 11 is 6.11. The van der Waals surface area contributed by atoms with E-state index in [-0.39, 0.29) is 18.1 Å². The zero-order valence-electron chi connectivity index (χ0n) is 16.5. The van der Waals surface area contributed by atoms with Gasteiger partial charge in [0.1, 0.15) is 11.3 Å². The molecule has 160 valence electrons. The number of carbonyl (C=O) groups excluding carboxylic acids is 3. The first-order chi connectivity index (χ1) is 15.0.